The van der Waals surface area contributed by atoms with Crippen molar-refractivity contribution in [3.8, 4) is 0 Å². The highest BCUT2D eigenvalue weighted by molar-refractivity contribution is 5.29. The summed E-state index contributed by atoms with van der Waals surface area (Å²) in [5.41, 5.74) is 4.48. The zero-order valence-corrected chi connectivity index (χ0v) is 9.84. The standard InChI is InChI=1S/C12H16F3NO/c1-11(17-2,6-7-16)9-4-3-5-10(8-9)12(13,14)15/h3-5,8H,6-7,16H2,1-2H3. The minimum Gasteiger partial charge on any atom is -0.374 e. The van der Waals surface area contributed by atoms with Gasteiger partial charge in [-0.05, 0) is 37.6 Å². The Hall–Kier alpha value is -1.07. The van der Waals surface area contributed by atoms with Gasteiger partial charge in [0.1, 0.15) is 0 Å². The molecule has 0 aliphatic rings. The van der Waals surface area contributed by atoms with E-state index in [0.29, 0.717) is 18.5 Å². The van der Waals surface area contributed by atoms with Gasteiger partial charge in [0, 0.05) is 7.11 Å². The van der Waals surface area contributed by atoms with Crippen LogP contribution in [-0.4, -0.2) is 13.7 Å². The van der Waals surface area contributed by atoms with E-state index in [9.17, 15) is 13.2 Å². The Balaban J connectivity index is 3.14. The molecule has 0 heterocycles. The van der Waals surface area contributed by atoms with Crippen molar-refractivity contribution in [2.24, 2.45) is 5.73 Å². The largest absolute Gasteiger partial charge is 0.416 e. The van der Waals surface area contributed by atoms with Crippen LogP contribution in [0.15, 0.2) is 24.3 Å². The molecule has 0 spiro atoms. The van der Waals surface area contributed by atoms with Crippen molar-refractivity contribution in [2.45, 2.75) is 25.1 Å². The molecule has 1 aromatic rings. The molecule has 5 heteroatoms. The van der Waals surface area contributed by atoms with Crippen molar-refractivity contribution in [3.63, 3.8) is 0 Å². The van der Waals surface area contributed by atoms with Gasteiger partial charge in [-0.15, -0.1) is 0 Å². The highest BCUT2D eigenvalue weighted by Gasteiger charge is 2.33. The fraction of sp³-hybridized carbons (Fsp3) is 0.500. The average Bonchev–Trinajstić information content (AvgIpc) is 2.28. The number of methoxy groups -OCH3 is 1. The number of hydrogen-bond donors (Lipinski definition) is 1. The van der Waals surface area contributed by atoms with Crippen molar-refractivity contribution in [1.29, 1.82) is 0 Å². The van der Waals surface area contributed by atoms with Crippen LogP contribution in [0.25, 0.3) is 0 Å². The summed E-state index contributed by atoms with van der Waals surface area (Å²) < 4.78 is 43.0. The van der Waals surface area contributed by atoms with Crippen molar-refractivity contribution in [1.82, 2.24) is 0 Å². The number of halogens is 3. The Morgan fingerprint density at radius 2 is 1.82 bits per heavy atom. The third kappa shape index (κ3) is 3.20. The van der Waals surface area contributed by atoms with Crippen LogP contribution in [-0.2, 0) is 16.5 Å². The van der Waals surface area contributed by atoms with Crippen LogP contribution in [0.3, 0.4) is 0 Å². The molecule has 0 bridgehead atoms. The lowest BCUT2D eigenvalue weighted by Crippen LogP contribution is -2.28. The van der Waals surface area contributed by atoms with E-state index in [4.69, 9.17) is 10.5 Å². The molecule has 17 heavy (non-hydrogen) atoms. The second kappa shape index (κ2) is 5.06. The summed E-state index contributed by atoms with van der Waals surface area (Å²) in [6, 6.07) is 5.15. The molecule has 0 aliphatic carbocycles. The second-order valence-electron chi connectivity index (χ2n) is 4.05. The van der Waals surface area contributed by atoms with Gasteiger partial charge >= 0.3 is 6.18 Å². The highest BCUT2D eigenvalue weighted by Crippen LogP contribution is 2.34. The van der Waals surface area contributed by atoms with E-state index < -0.39 is 17.3 Å². The lowest BCUT2D eigenvalue weighted by molar-refractivity contribution is -0.137. The first-order valence-electron chi connectivity index (χ1n) is 5.26. The maximum atomic E-state index is 12.6. The van der Waals surface area contributed by atoms with Crippen LogP contribution in [0, 0.1) is 0 Å². The predicted octanol–water partition coefficient (Wildman–Crippen LogP) is 2.92. The summed E-state index contributed by atoms with van der Waals surface area (Å²) in [7, 11) is 1.47. The summed E-state index contributed by atoms with van der Waals surface area (Å²) in [5.74, 6) is 0. The molecule has 0 aromatic heterocycles. The van der Waals surface area contributed by atoms with Crippen LogP contribution in [0.2, 0.25) is 0 Å². The summed E-state index contributed by atoms with van der Waals surface area (Å²) >= 11 is 0. The van der Waals surface area contributed by atoms with E-state index in [1.807, 2.05) is 0 Å². The van der Waals surface area contributed by atoms with E-state index in [1.54, 1.807) is 13.0 Å². The zero-order valence-electron chi connectivity index (χ0n) is 9.84. The number of alkyl halides is 3. The van der Waals surface area contributed by atoms with E-state index in [1.165, 1.54) is 13.2 Å². The van der Waals surface area contributed by atoms with Gasteiger partial charge in [0.05, 0.1) is 11.2 Å². The van der Waals surface area contributed by atoms with E-state index in [2.05, 4.69) is 0 Å². The smallest absolute Gasteiger partial charge is 0.374 e. The first-order chi connectivity index (χ1) is 7.83. The molecule has 1 aromatic carbocycles. The number of benzene rings is 1. The van der Waals surface area contributed by atoms with Crippen LogP contribution in [0.1, 0.15) is 24.5 Å². The normalized spacial score (nSPS) is 15.6. The van der Waals surface area contributed by atoms with Gasteiger partial charge in [0.25, 0.3) is 0 Å². The molecule has 0 fully saturated rings. The zero-order chi connectivity index (χ0) is 13.1. The molecule has 1 rings (SSSR count). The first kappa shape index (κ1) is 14.0. The maximum absolute atomic E-state index is 12.6. The van der Waals surface area contributed by atoms with Gasteiger partial charge in [-0.3, -0.25) is 0 Å². The lowest BCUT2D eigenvalue weighted by Gasteiger charge is -2.28. The SMILES string of the molecule is COC(C)(CCN)c1cccc(C(F)(F)F)c1. The van der Waals surface area contributed by atoms with Crippen molar-refractivity contribution in [2.75, 3.05) is 13.7 Å². The van der Waals surface area contributed by atoms with Crippen LogP contribution < -0.4 is 5.73 Å². The molecule has 2 N–H and O–H groups in total. The van der Waals surface area contributed by atoms with Crippen molar-refractivity contribution < 1.29 is 17.9 Å². The second-order valence-corrected chi connectivity index (χ2v) is 4.05. The fourth-order valence-corrected chi connectivity index (χ4v) is 1.66. The van der Waals surface area contributed by atoms with Gasteiger partial charge in [0.2, 0.25) is 0 Å². The summed E-state index contributed by atoms with van der Waals surface area (Å²) in [5, 5.41) is 0. The summed E-state index contributed by atoms with van der Waals surface area (Å²) in [4.78, 5) is 0. The minimum atomic E-state index is -4.34. The topological polar surface area (TPSA) is 35.2 Å². The number of rotatable bonds is 4. The van der Waals surface area contributed by atoms with Crippen molar-refractivity contribution in [3.05, 3.63) is 35.4 Å². The van der Waals surface area contributed by atoms with E-state index in [-0.39, 0.29) is 0 Å². The highest BCUT2D eigenvalue weighted by atomic mass is 19.4. The molecular weight excluding hydrogens is 231 g/mol. The Morgan fingerprint density at radius 3 is 2.29 bits per heavy atom. The number of ether oxygens (including phenoxy) is 1. The molecule has 0 saturated carbocycles. The van der Waals surface area contributed by atoms with Gasteiger partial charge in [-0.25, -0.2) is 0 Å². The van der Waals surface area contributed by atoms with Gasteiger partial charge in [-0.2, -0.15) is 13.2 Å². The van der Waals surface area contributed by atoms with E-state index in [0.717, 1.165) is 12.1 Å². The van der Waals surface area contributed by atoms with Crippen LogP contribution in [0.4, 0.5) is 13.2 Å². The Labute approximate surface area is 98.6 Å². The molecule has 1 atom stereocenters. The quantitative estimate of drug-likeness (QED) is 0.887. The molecule has 1 unspecified atom stereocenters. The van der Waals surface area contributed by atoms with Crippen LogP contribution in [0.5, 0.6) is 0 Å². The van der Waals surface area contributed by atoms with E-state index >= 15 is 0 Å². The summed E-state index contributed by atoms with van der Waals surface area (Å²) in [6.45, 7) is 2.08. The van der Waals surface area contributed by atoms with Gasteiger partial charge < -0.3 is 10.5 Å². The van der Waals surface area contributed by atoms with Gasteiger partial charge in [-0.1, -0.05) is 12.1 Å². The third-order valence-corrected chi connectivity index (χ3v) is 2.87. The maximum Gasteiger partial charge on any atom is 0.416 e. The monoisotopic (exact) mass is 247 g/mol. The average molecular weight is 247 g/mol. The molecular formula is C12H16F3NO. The van der Waals surface area contributed by atoms with Crippen molar-refractivity contribution >= 4 is 0 Å². The predicted molar refractivity (Wildman–Crippen MR) is 59.5 cm³/mol. The molecule has 0 saturated heterocycles. The molecule has 0 aliphatic heterocycles. The Kier molecular flexibility index (Phi) is 4.16. The molecule has 96 valence electrons. The third-order valence-electron chi connectivity index (χ3n) is 2.87. The Bertz CT molecular complexity index is 378. The molecule has 0 radical (unpaired) electrons. The lowest BCUT2D eigenvalue weighted by atomic mass is 9.91. The Morgan fingerprint density at radius 1 is 1.24 bits per heavy atom. The summed E-state index contributed by atoms with van der Waals surface area (Å²) in [6.07, 6.45) is -3.88. The molecule has 0 amide bonds. The number of nitrogens with two attached hydrogens (primary N) is 1. The van der Waals surface area contributed by atoms with Gasteiger partial charge in [0.15, 0.2) is 0 Å². The first-order valence-corrected chi connectivity index (χ1v) is 5.26. The minimum absolute atomic E-state index is 0.348. The van der Waals surface area contributed by atoms with Crippen LogP contribution >= 0.6 is 0 Å². The number of hydrogen-bond acceptors (Lipinski definition) is 2. The fourth-order valence-electron chi connectivity index (χ4n) is 1.66. The molecule has 2 nitrogen and oxygen atoms in total.